The van der Waals surface area contributed by atoms with Crippen molar-refractivity contribution in [2.45, 2.75) is 63.7 Å². The number of likely N-dealkylation sites (tertiary alicyclic amines) is 1. The number of nitrogens with one attached hydrogen (secondary N) is 1. The average Bonchev–Trinajstić information content (AvgIpc) is 3.39. The smallest absolute Gasteiger partial charge is 0.229 e. The predicted molar refractivity (Wildman–Crippen MR) is 101 cm³/mol. The van der Waals surface area contributed by atoms with Crippen molar-refractivity contribution in [1.82, 2.24) is 20.4 Å². The number of carbonyl (C=O) groups is 1. The molecule has 2 aliphatic heterocycles. The SMILES string of the molecule is CC(CC(=O)N1CCCC(c2noc(C3CC3)n2)C1)C1CCCNC1.Cl. The molecule has 6 nitrogen and oxygen atoms in total. The number of carbonyl (C=O) groups excluding carboxylic acids is 1. The van der Waals surface area contributed by atoms with Crippen molar-refractivity contribution in [3.8, 4) is 0 Å². The Hall–Kier alpha value is -1.14. The van der Waals surface area contributed by atoms with Crippen LogP contribution in [0.3, 0.4) is 0 Å². The first-order chi connectivity index (χ1) is 12.2. The van der Waals surface area contributed by atoms with Gasteiger partial charge in [0.1, 0.15) is 0 Å². The van der Waals surface area contributed by atoms with Crippen molar-refractivity contribution in [2.75, 3.05) is 26.2 Å². The molecule has 26 heavy (non-hydrogen) atoms. The van der Waals surface area contributed by atoms with Gasteiger partial charge in [0, 0.05) is 31.3 Å². The molecule has 1 aliphatic carbocycles. The van der Waals surface area contributed by atoms with Crippen LogP contribution >= 0.6 is 12.4 Å². The van der Waals surface area contributed by atoms with Gasteiger partial charge in [0.05, 0.1) is 0 Å². The fourth-order valence-electron chi connectivity index (χ4n) is 4.26. The number of nitrogens with zero attached hydrogens (tertiary/aromatic N) is 3. The molecule has 0 bridgehead atoms. The maximum atomic E-state index is 12.8. The van der Waals surface area contributed by atoms with Gasteiger partial charge in [-0.2, -0.15) is 4.98 Å². The number of amides is 1. The lowest BCUT2D eigenvalue weighted by atomic mass is 9.85. The predicted octanol–water partition coefficient (Wildman–Crippen LogP) is 3.10. The molecule has 4 rings (SSSR count). The largest absolute Gasteiger partial charge is 0.342 e. The highest BCUT2D eigenvalue weighted by Crippen LogP contribution is 2.39. The Bertz CT molecular complexity index is 598. The standard InChI is InChI=1S/C19H30N4O2.ClH/c1-13(15-4-2-8-20-11-15)10-17(24)23-9-3-5-16(12-23)18-21-19(25-22-18)14-6-7-14;/h13-16,20H,2-12H2,1H3;1H. The summed E-state index contributed by atoms with van der Waals surface area (Å²) in [6.07, 6.45) is 7.57. The topological polar surface area (TPSA) is 71.3 Å². The molecule has 1 N–H and O–H groups in total. The Kier molecular flexibility index (Phi) is 6.56. The molecule has 7 heteroatoms. The highest BCUT2D eigenvalue weighted by molar-refractivity contribution is 5.85. The van der Waals surface area contributed by atoms with Gasteiger partial charge in [-0.15, -0.1) is 12.4 Å². The number of rotatable bonds is 5. The fraction of sp³-hybridized carbons (Fsp3) is 0.842. The first-order valence-corrected chi connectivity index (χ1v) is 10.0. The molecule has 3 unspecified atom stereocenters. The van der Waals surface area contributed by atoms with Gasteiger partial charge < -0.3 is 14.7 Å². The normalized spacial score (nSPS) is 27.7. The van der Waals surface area contributed by atoms with Crippen LogP contribution in [0.4, 0.5) is 0 Å². The van der Waals surface area contributed by atoms with Crippen LogP contribution in [-0.4, -0.2) is 47.1 Å². The molecule has 0 spiro atoms. The molecular weight excluding hydrogens is 352 g/mol. The lowest BCUT2D eigenvalue weighted by molar-refractivity contribution is -0.133. The van der Waals surface area contributed by atoms with Crippen LogP contribution in [0.25, 0.3) is 0 Å². The molecule has 1 aromatic rings. The zero-order chi connectivity index (χ0) is 17.2. The van der Waals surface area contributed by atoms with E-state index in [1.165, 1.54) is 25.7 Å². The van der Waals surface area contributed by atoms with Crippen LogP contribution in [-0.2, 0) is 4.79 Å². The van der Waals surface area contributed by atoms with Crippen molar-refractivity contribution in [3.05, 3.63) is 11.7 Å². The second-order valence-electron chi connectivity index (χ2n) is 8.23. The van der Waals surface area contributed by atoms with Crippen LogP contribution in [0.2, 0.25) is 0 Å². The zero-order valence-corrected chi connectivity index (χ0v) is 16.5. The maximum absolute atomic E-state index is 12.8. The van der Waals surface area contributed by atoms with Gasteiger partial charge in [-0.25, -0.2) is 0 Å². The summed E-state index contributed by atoms with van der Waals surface area (Å²) in [4.78, 5) is 19.4. The summed E-state index contributed by atoms with van der Waals surface area (Å²) >= 11 is 0. The van der Waals surface area contributed by atoms with Crippen molar-refractivity contribution < 1.29 is 9.32 Å². The van der Waals surface area contributed by atoms with Gasteiger partial charge in [-0.05, 0) is 63.5 Å². The molecule has 2 saturated heterocycles. The Morgan fingerprint density at radius 1 is 1.27 bits per heavy atom. The van der Waals surface area contributed by atoms with E-state index in [9.17, 15) is 4.79 Å². The van der Waals surface area contributed by atoms with E-state index in [0.717, 1.165) is 50.7 Å². The molecule has 1 saturated carbocycles. The van der Waals surface area contributed by atoms with Gasteiger partial charge in [0.15, 0.2) is 5.82 Å². The van der Waals surface area contributed by atoms with E-state index in [4.69, 9.17) is 4.52 Å². The number of hydrogen-bond acceptors (Lipinski definition) is 5. The first kappa shape index (κ1) is 19.6. The minimum absolute atomic E-state index is 0. The zero-order valence-electron chi connectivity index (χ0n) is 15.7. The Morgan fingerprint density at radius 3 is 2.85 bits per heavy atom. The molecule has 146 valence electrons. The van der Waals surface area contributed by atoms with Gasteiger partial charge in [-0.3, -0.25) is 4.79 Å². The summed E-state index contributed by atoms with van der Waals surface area (Å²) in [5.74, 6) is 3.73. The van der Waals surface area contributed by atoms with Crippen LogP contribution in [0.1, 0.15) is 75.4 Å². The van der Waals surface area contributed by atoms with Crippen molar-refractivity contribution in [1.29, 1.82) is 0 Å². The maximum Gasteiger partial charge on any atom is 0.229 e. The summed E-state index contributed by atoms with van der Waals surface area (Å²) in [5, 5.41) is 7.66. The van der Waals surface area contributed by atoms with E-state index in [2.05, 4.69) is 22.4 Å². The Labute approximate surface area is 161 Å². The van der Waals surface area contributed by atoms with Gasteiger partial charge in [-0.1, -0.05) is 12.1 Å². The van der Waals surface area contributed by atoms with Crippen LogP contribution in [0.5, 0.6) is 0 Å². The molecule has 1 amide bonds. The number of piperidine rings is 2. The fourth-order valence-corrected chi connectivity index (χ4v) is 4.26. The lowest BCUT2D eigenvalue weighted by Crippen LogP contribution is -2.41. The average molecular weight is 383 g/mol. The highest BCUT2D eigenvalue weighted by Gasteiger charge is 2.33. The minimum atomic E-state index is 0. The van der Waals surface area contributed by atoms with E-state index < -0.39 is 0 Å². The summed E-state index contributed by atoms with van der Waals surface area (Å²) in [6.45, 7) is 6.04. The van der Waals surface area contributed by atoms with E-state index >= 15 is 0 Å². The van der Waals surface area contributed by atoms with E-state index in [1.54, 1.807) is 0 Å². The molecule has 0 radical (unpaired) electrons. The number of aromatic nitrogens is 2. The van der Waals surface area contributed by atoms with Crippen LogP contribution in [0.15, 0.2) is 4.52 Å². The number of halogens is 1. The third-order valence-electron chi connectivity index (χ3n) is 6.16. The summed E-state index contributed by atoms with van der Waals surface area (Å²) in [7, 11) is 0. The summed E-state index contributed by atoms with van der Waals surface area (Å²) in [5.41, 5.74) is 0. The quantitative estimate of drug-likeness (QED) is 0.847. The van der Waals surface area contributed by atoms with Gasteiger partial charge in [0.25, 0.3) is 0 Å². The molecule has 3 fully saturated rings. The van der Waals surface area contributed by atoms with Gasteiger partial charge in [0.2, 0.25) is 11.8 Å². The molecule has 3 aliphatic rings. The lowest BCUT2D eigenvalue weighted by Gasteiger charge is -2.34. The molecule has 0 aromatic carbocycles. The molecule has 3 atom stereocenters. The molecule has 3 heterocycles. The van der Waals surface area contributed by atoms with Crippen molar-refractivity contribution in [2.24, 2.45) is 11.8 Å². The minimum Gasteiger partial charge on any atom is -0.342 e. The summed E-state index contributed by atoms with van der Waals surface area (Å²) < 4.78 is 5.41. The van der Waals surface area contributed by atoms with Crippen molar-refractivity contribution >= 4 is 18.3 Å². The number of hydrogen-bond donors (Lipinski definition) is 1. The monoisotopic (exact) mass is 382 g/mol. The van der Waals surface area contributed by atoms with Crippen LogP contribution < -0.4 is 5.32 Å². The van der Waals surface area contributed by atoms with E-state index in [1.807, 2.05) is 4.90 Å². The first-order valence-electron chi connectivity index (χ1n) is 10.0. The third-order valence-corrected chi connectivity index (χ3v) is 6.16. The third kappa shape index (κ3) is 4.58. The van der Waals surface area contributed by atoms with E-state index in [0.29, 0.717) is 30.1 Å². The van der Waals surface area contributed by atoms with Crippen molar-refractivity contribution in [3.63, 3.8) is 0 Å². The Balaban J connectivity index is 0.00000196. The van der Waals surface area contributed by atoms with Gasteiger partial charge >= 0.3 is 0 Å². The Morgan fingerprint density at radius 2 is 2.12 bits per heavy atom. The highest BCUT2D eigenvalue weighted by atomic mass is 35.5. The second kappa shape index (κ2) is 8.70. The molecular formula is C19H31ClN4O2. The van der Waals surface area contributed by atoms with E-state index in [-0.39, 0.29) is 18.3 Å². The molecule has 1 aromatic heterocycles. The second-order valence-corrected chi connectivity index (χ2v) is 8.23. The summed E-state index contributed by atoms with van der Waals surface area (Å²) in [6, 6.07) is 0. The van der Waals surface area contributed by atoms with Crippen LogP contribution in [0, 0.1) is 11.8 Å².